The van der Waals surface area contributed by atoms with Crippen LogP contribution in [0.3, 0.4) is 0 Å². The molecule has 2 rings (SSSR count). The molecule has 2 nitrogen and oxygen atoms in total. The van der Waals surface area contributed by atoms with Crippen LogP contribution in [0.25, 0.3) is 0 Å². The van der Waals surface area contributed by atoms with E-state index in [4.69, 9.17) is 16.3 Å². The molecule has 0 saturated heterocycles. The summed E-state index contributed by atoms with van der Waals surface area (Å²) in [6.07, 6.45) is 0. The zero-order chi connectivity index (χ0) is 14.5. The van der Waals surface area contributed by atoms with Gasteiger partial charge in [0.15, 0.2) is 0 Å². The second kappa shape index (κ2) is 6.78. The number of hydrogen-bond acceptors (Lipinski definition) is 2. The molecule has 0 spiro atoms. The first-order valence-corrected chi connectivity index (χ1v) is 7.25. The lowest BCUT2D eigenvalue weighted by molar-refractivity contribution is 0.482. The molecule has 3 heteroatoms. The number of aryl methyl sites for hydroxylation is 1. The van der Waals surface area contributed by atoms with Crippen molar-refractivity contribution in [3.05, 3.63) is 58.6 Å². The highest BCUT2D eigenvalue weighted by Gasteiger charge is 2.08. The number of ether oxygens (including phenoxy) is 1. The summed E-state index contributed by atoms with van der Waals surface area (Å²) < 4.78 is 5.81. The summed E-state index contributed by atoms with van der Waals surface area (Å²) in [5, 5.41) is 4.00. The van der Waals surface area contributed by atoms with Gasteiger partial charge in [0.2, 0.25) is 0 Å². The van der Waals surface area contributed by atoms with Crippen LogP contribution in [0.2, 0.25) is 5.02 Å². The SMILES string of the molecule is CCNC(C)c1ccc(Oc2ccc(C)cc2)c(Cl)c1. The minimum atomic E-state index is 0.283. The molecule has 0 aliphatic heterocycles. The average molecular weight is 290 g/mol. The van der Waals surface area contributed by atoms with Crippen molar-refractivity contribution < 1.29 is 4.74 Å². The highest BCUT2D eigenvalue weighted by molar-refractivity contribution is 6.32. The summed E-state index contributed by atoms with van der Waals surface area (Å²) >= 11 is 6.30. The Labute approximate surface area is 125 Å². The summed E-state index contributed by atoms with van der Waals surface area (Å²) in [6.45, 7) is 7.19. The second-order valence-corrected chi connectivity index (χ2v) is 5.29. The van der Waals surface area contributed by atoms with Crippen molar-refractivity contribution in [2.24, 2.45) is 0 Å². The second-order valence-electron chi connectivity index (χ2n) is 4.88. The molecule has 0 heterocycles. The third-order valence-electron chi connectivity index (χ3n) is 3.22. The Balaban J connectivity index is 2.15. The lowest BCUT2D eigenvalue weighted by atomic mass is 10.1. The van der Waals surface area contributed by atoms with E-state index in [1.165, 1.54) is 5.56 Å². The maximum absolute atomic E-state index is 6.30. The van der Waals surface area contributed by atoms with E-state index in [0.717, 1.165) is 17.9 Å². The Hall–Kier alpha value is -1.51. The Bertz CT molecular complexity index is 566. The van der Waals surface area contributed by atoms with E-state index in [-0.39, 0.29) is 6.04 Å². The molecular weight excluding hydrogens is 270 g/mol. The van der Waals surface area contributed by atoms with Gasteiger partial charge in [0, 0.05) is 6.04 Å². The number of rotatable bonds is 5. The standard InChI is InChI=1S/C17H20ClNO/c1-4-19-13(3)14-7-10-17(16(18)11-14)20-15-8-5-12(2)6-9-15/h5-11,13,19H,4H2,1-3H3. The predicted octanol–water partition coefficient (Wildman–Crippen LogP) is 5.11. The summed E-state index contributed by atoms with van der Waals surface area (Å²) in [4.78, 5) is 0. The van der Waals surface area contributed by atoms with Gasteiger partial charge in [-0.1, -0.05) is 42.3 Å². The van der Waals surface area contributed by atoms with Crippen LogP contribution in [0, 0.1) is 6.92 Å². The van der Waals surface area contributed by atoms with Gasteiger partial charge in [0.1, 0.15) is 11.5 Å². The van der Waals surface area contributed by atoms with Gasteiger partial charge < -0.3 is 10.1 Å². The van der Waals surface area contributed by atoms with Gasteiger partial charge in [-0.3, -0.25) is 0 Å². The number of halogens is 1. The molecule has 0 bridgehead atoms. The molecule has 0 aromatic heterocycles. The zero-order valence-corrected chi connectivity index (χ0v) is 12.9. The highest BCUT2D eigenvalue weighted by atomic mass is 35.5. The van der Waals surface area contributed by atoms with Crippen molar-refractivity contribution in [3.8, 4) is 11.5 Å². The molecule has 0 amide bonds. The fourth-order valence-corrected chi connectivity index (χ4v) is 2.25. The molecule has 0 aliphatic carbocycles. The van der Waals surface area contributed by atoms with E-state index < -0.39 is 0 Å². The Morgan fingerprint density at radius 1 is 1.15 bits per heavy atom. The van der Waals surface area contributed by atoms with Gasteiger partial charge >= 0.3 is 0 Å². The van der Waals surface area contributed by atoms with Crippen LogP contribution in [-0.2, 0) is 0 Å². The first kappa shape index (κ1) is 14.9. The molecule has 106 valence electrons. The first-order chi connectivity index (χ1) is 9.60. The van der Waals surface area contributed by atoms with Crippen molar-refractivity contribution >= 4 is 11.6 Å². The van der Waals surface area contributed by atoms with E-state index >= 15 is 0 Å². The molecule has 2 aromatic rings. The molecule has 2 aromatic carbocycles. The molecule has 1 N–H and O–H groups in total. The summed E-state index contributed by atoms with van der Waals surface area (Å²) in [7, 11) is 0. The van der Waals surface area contributed by atoms with E-state index in [0.29, 0.717) is 10.8 Å². The van der Waals surface area contributed by atoms with Gasteiger partial charge in [-0.05, 0) is 50.2 Å². The van der Waals surface area contributed by atoms with Crippen molar-refractivity contribution in [2.45, 2.75) is 26.8 Å². The summed E-state index contributed by atoms with van der Waals surface area (Å²) in [5.74, 6) is 1.48. The van der Waals surface area contributed by atoms with Crippen LogP contribution in [-0.4, -0.2) is 6.54 Å². The smallest absolute Gasteiger partial charge is 0.146 e. The van der Waals surface area contributed by atoms with Crippen molar-refractivity contribution in [1.29, 1.82) is 0 Å². The maximum atomic E-state index is 6.30. The van der Waals surface area contributed by atoms with Crippen LogP contribution < -0.4 is 10.1 Å². The van der Waals surface area contributed by atoms with Crippen molar-refractivity contribution in [1.82, 2.24) is 5.32 Å². The lowest BCUT2D eigenvalue weighted by Crippen LogP contribution is -2.17. The lowest BCUT2D eigenvalue weighted by Gasteiger charge is -2.14. The number of benzene rings is 2. The van der Waals surface area contributed by atoms with Gasteiger partial charge in [0.05, 0.1) is 5.02 Å². The molecule has 0 fully saturated rings. The Morgan fingerprint density at radius 3 is 2.45 bits per heavy atom. The molecule has 20 heavy (non-hydrogen) atoms. The van der Waals surface area contributed by atoms with E-state index in [1.807, 2.05) is 49.4 Å². The zero-order valence-electron chi connectivity index (χ0n) is 12.1. The minimum absolute atomic E-state index is 0.283. The largest absolute Gasteiger partial charge is 0.456 e. The topological polar surface area (TPSA) is 21.3 Å². The van der Waals surface area contributed by atoms with Crippen LogP contribution in [0.15, 0.2) is 42.5 Å². The Morgan fingerprint density at radius 2 is 1.85 bits per heavy atom. The molecule has 0 aliphatic rings. The number of nitrogens with one attached hydrogen (secondary N) is 1. The van der Waals surface area contributed by atoms with Gasteiger partial charge in [0.25, 0.3) is 0 Å². The third kappa shape index (κ3) is 3.75. The molecule has 1 unspecified atom stereocenters. The maximum Gasteiger partial charge on any atom is 0.146 e. The normalized spacial score (nSPS) is 12.2. The molecule has 0 radical (unpaired) electrons. The highest BCUT2D eigenvalue weighted by Crippen LogP contribution is 2.31. The Kier molecular flexibility index (Phi) is 5.05. The molecular formula is C17H20ClNO. The first-order valence-electron chi connectivity index (χ1n) is 6.87. The summed E-state index contributed by atoms with van der Waals surface area (Å²) in [5.41, 5.74) is 2.37. The fraction of sp³-hybridized carbons (Fsp3) is 0.294. The minimum Gasteiger partial charge on any atom is -0.456 e. The van der Waals surface area contributed by atoms with Gasteiger partial charge in [-0.15, -0.1) is 0 Å². The van der Waals surface area contributed by atoms with E-state index in [2.05, 4.69) is 19.2 Å². The average Bonchev–Trinajstić information content (AvgIpc) is 2.43. The third-order valence-corrected chi connectivity index (χ3v) is 3.51. The summed E-state index contributed by atoms with van der Waals surface area (Å²) in [6, 6.07) is 14.1. The van der Waals surface area contributed by atoms with Crippen LogP contribution >= 0.6 is 11.6 Å². The van der Waals surface area contributed by atoms with E-state index in [1.54, 1.807) is 0 Å². The molecule has 1 atom stereocenters. The van der Waals surface area contributed by atoms with E-state index in [9.17, 15) is 0 Å². The van der Waals surface area contributed by atoms with Gasteiger partial charge in [-0.25, -0.2) is 0 Å². The number of hydrogen-bond donors (Lipinski definition) is 1. The molecule has 0 saturated carbocycles. The van der Waals surface area contributed by atoms with Gasteiger partial charge in [-0.2, -0.15) is 0 Å². The monoisotopic (exact) mass is 289 g/mol. The van der Waals surface area contributed by atoms with Crippen LogP contribution in [0.1, 0.15) is 31.0 Å². The fourth-order valence-electron chi connectivity index (χ4n) is 2.03. The van der Waals surface area contributed by atoms with Crippen LogP contribution in [0.4, 0.5) is 0 Å². The predicted molar refractivity (Wildman–Crippen MR) is 84.8 cm³/mol. The quantitative estimate of drug-likeness (QED) is 0.826. The van der Waals surface area contributed by atoms with Crippen molar-refractivity contribution in [2.75, 3.05) is 6.54 Å². The van der Waals surface area contributed by atoms with Crippen molar-refractivity contribution in [3.63, 3.8) is 0 Å². The van der Waals surface area contributed by atoms with Crippen LogP contribution in [0.5, 0.6) is 11.5 Å².